The Balaban J connectivity index is 1.84. The zero-order valence-electron chi connectivity index (χ0n) is 13.8. The average molecular weight is 391 g/mol. The number of aromatic nitrogens is 2. The van der Waals surface area contributed by atoms with Crippen molar-refractivity contribution >= 4 is 50.3 Å². The van der Waals surface area contributed by atoms with Gasteiger partial charge in [-0.2, -0.15) is 0 Å². The van der Waals surface area contributed by atoms with Crippen LogP contribution < -0.4 is 16.4 Å². The number of hydrogen-bond acceptors (Lipinski definition) is 7. The third-order valence-corrected chi connectivity index (χ3v) is 5.07. The van der Waals surface area contributed by atoms with Crippen molar-refractivity contribution < 1.29 is 14.0 Å². The van der Waals surface area contributed by atoms with Gasteiger partial charge in [0.2, 0.25) is 0 Å². The van der Waals surface area contributed by atoms with Gasteiger partial charge in [0.25, 0.3) is 11.8 Å². The lowest BCUT2D eigenvalue weighted by atomic mass is 10.1. The number of thiazole rings is 2. The first-order valence-electron chi connectivity index (χ1n) is 7.40. The Hall–Kier alpha value is -2.85. The maximum atomic E-state index is 14.2. The van der Waals surface area contributed by atoms with E-state index in [2.05, 4.69) is 20.6 Å². The monoisotopic (exact) mass is 391 g/mol. The van der Waals surface area contributed by atoms with Crippen molar-refractivity contribution in [1.82, 2.24) is 9.97 Å². The molecule has 26 heavy (non-hydrogen) atoms. The topological polar surface area (TPSA) is 110 Å². The lowest BCUT2D eigenvalue weighted by Gasteiger charge is -2.11. The molecule has 2 heterocycles. The van der Waals surface area contributed by atoms with Crippen LogP contribution in [0.25, 0.3) is 0 Å². The van der Waals surface area contributed by atoms with Crippen LogP contribution in [0.3, 0.4) is 0 Å². The molecule has 1 aromatic carbocycles. The summed E-state index contributed by atoms with van der Waals surface area (Å²) in [6.45, 7) is 3.43. The van der Waals surface area contributed by atoms with Crippen LogP contribution in [0.4, 0.5) is 20.2 Å². The van der Waals surface area contributed by atoms with Crippen molar-refractivity contribution in [3.8, 4) is 0 Å². The van der Waals surface area contributed by atoms with Gasteiger partial charge in [-0.1, -0.05) is 11.3 Å². The molecule has 0 saturated heterocycles. The lowest BCUT2D eigenvalue weighted by Crippen LogP contribution is -2.16. The van der Waals surface area contributed by atoms with Crippen LogP contribution in [0, 0.1) is 19.7 Å². The van der Waals surface area contributed by atoms with Gasteiger partial charge in [-0.3, -0.25) is 9.59 Å². The third kappa shape index (κ3) is 3.86. The van der Waals surface area contributed by atoms with Gasteiger partial charge < -0.3 is 16.4 Å². The molecule has 0 radical (unpaired) electrons. The number of rotatable bonds is 4. The summed E-state index contributed by atoms with van der Waals surface area (Å²) in [7, 11) is 0. The lowest BCUT2D eigenvalue weighted by molar-refractivity contribution is 0.101. The van der Waals surface area contributed by atoms with Crippen molar-refractivity contribution in [2.75, 3.05) is 16.4 Å². The minimum absolute atomic E-state index is 0.180. The van der Waals surface area contributed by atoms with Crippen molar-refractivity contribution in [2.45, 2.75) is 13.8 Å². The number of nitrogens with two attached hydrogens (primary N) is 1. The van der Waals surface area contributed by atoms with Gasteiger partial charge in [-0.25, -0.2) is 14.4 Å². The molecule has 4 N–H and O–H groups in total. The molecule has 0 unspecified atom stereocenters. The number of nitrogens with one attached hydrogen (secondary N) is 2. The molecule has 0 aliphatic heterocycles. The van der Waals surface area contributed by atoms with E-state index in [0.29, 0.717) is 21.1 Å². The quantitative estimate of drug-likeness (QED) is 0.631. The Morgan fingerprint density at radius 3 is 2.46 bits per heavy atom. The Labute approximate surface area is 156 Å². The highest BCUT2D eigenvalue weighted by molar-refractivity contribution is 7.17. The molecule has 3 aromatic rings. The Morgan fingerprint density at radius 1 is 1.08 bits per heavy atom. The van der Waals surface area contributed by atoms with Crippen LogP contribution in [-0.4, -0.2) is 21.8 Å². The van der Waals surface area contributed by atoms with Crippen LogP contribution >= 0.6 is 22.7 Å². The van der Waals surface area contributed by atoms with Crippen LogP contribution in [-0.2, 0) is 0 Å². The van der Waals surface area contributed by atoms with Gasteiger partial charge in [-0.15, -0.1) is 11.3 Å². The number of carbonyl (C=O) groups excluding carboxylic acids is 2. The molecule has 2 aromatic heterocycles. The van der Waals surface area contributed by atoms with Gasteiger partial charge in [0.05, 0.1) is 23.0 Å². The van der Waals surface area contributed by atoms with E-state index in [4.69, 9.17) is 5.73 Å². The first kappa shape index (κ1) is 18.0. The van der Waals surface area contributed by atoms with E-state index in [1.807, 2.05) is 0 Å². The van der Waals surface area contributed by atoms with Crippen LogP contribution in [0.1, 0.15) is 30.6 Å². The van der Waals surface area contributed by atoms with Crippen LogP contribution in [0.15, 0.2) is 24.5 Å². The van der Waals surface area contributed by atoms with E-state index >= 15 is 0 Å². The van der Waals surface area contributed by atoms with Gasteiger partial charge in [0.1, 0.15) is 15.7 Å². The van der Waals surface area contributed by atoms with Crippen molar-refractivity contribution in [2.24, 2.45) is 0 Å². The number of nitrogen functional groups attached to an aromatic ring is 1. The van der Waals surface area contributed by atoms with Gasteiger partial charge in [0.15, 0.2) is 5.13 Å². The minimum atomic E-state index is -0.679. The van der Waals surface area contributed by atoms with E-state index in [1.54, 1.807) is 13.8 Å². The maximum absolute atomic E-state index is 14.2. The molecule has 0 bridgehead atoms. The highest BCUT2D eigenvalue weighted by Gasteiger charge is 2.18. The van der Waals surface area contributed by atoms with E-state index in [1.165, 1.54) is 35.9 Å². The number of halogens is 1. The number of benzene rings is 1. The standard InChI is InChI=1S/C16H14FN5O2S2/c1-7-3-10(17)9(14(23)22-13-6-19-8(2)25-13)4-11(7)21-15(24)12-5-20-16(18)26-12/h3-6H,1-2H3,(H2,18,20)(H,21,24)(H,22,23). The summed E-state index contributed by atoms with van der Waals surface area (Å²) in [5.41, 5.74) is 6.15. The summed E-state index contributed by atoms with van der Waals surface area (Å²) in [6, 6.07) is 2.50. The molecule has 0 fully saturated rings. The first-order chi connectivity index (χ1) is 12.3. The molecule has 2 amide bonds. The summed E-state index contributed by atoms with van der Waals surface area (Å²) < 4.78 is 14.2. The van der Waals surface area contributed by atoms with Gasteiger partial charge in [-0.05, 0) is 31.5 Å². The second kappa shape index (κ2) is 7.18. The predicted octanol–water partition coefficient (Wildman–Crippen LogP) is 3.44. The SMILES string of the molecule is Cc1ncc(NC(=O)c2cc(NC(=O)c3cnc(N)s3)c(C)cc2F)s1. The second-order valence-corrected chi connectivity index (χ2v) is 7.66. The highest BCUT2D eigenvalue weighted by Crippen LogP contribution is 2.24. The Morgan fingerprint density at radius 2 is 1.85 bits per heavy atom. The van der Waals surface area contributed by atoms with Gasteiger partial charge >= 0.3 is 0 Å². The zero-order valence-corrected chi connectivity index (χ0v) is 15.4. The predicted molar refractivity (Wildman–Crippen MR) is 100 cm³/mol. The number of carbonyl (C=O) groups is 2. The number of anilines is 3. The molecule has 134 valence electrons. The first-order valence-corrected chi connectivity index (χ1v) is 9.03. The number of amides is 2. The summed E-state index contributed by atoms with van der Waals surface area (Å²) in [6.07, 6.45) is 2.86. The molecule has 0 spiro atoms. The molecule has 0 aliphatic carbocycles. The van der Waals surface area contributed by atoms with E-state index in [9.17, 15) is 14.0 Å². The summed E-state index contributed by atoms with van der Waals surface area (Å²) in [5.74, 6) is -1.73. The highest BCUT2D eigenvalue weighted by atomic mass is 32.1. The largest absolute Gasteiger partial charge is 0.375 e. The van der Waals surface area contributed by atoms with Crippen LogP contribution in [0.5, 0.6) is 0 Å². The fourth-order valence-corrected chi connectivity index (χ4v) is 3.41. The molecule has 10 heteroatoms. The molecule has 0 aliphatic rings. The van der Waals surface area contributed by atoms with E-state index in [-0.39, 0.29) is 10.7 Å². The van der Waals surface area contributed by atoms with Crippen molar-refractivity contribution in [3.05, 3.63) is 51.4 Å². The number of nitrogens with zero attached hydrogens (tertiary/aromatic N) is 2. The summed E-state index contributed by atoms with van der Waals surface area (Å²) in [5, 5.41) is 6.81. The molecular formula is C16H14FN5O2S2. The summed E-state index contributed by atoms with van der Waals surface area (Å²) >= 11 is 2.32. The normalized spacial score (nSPS) is 10.6. The van der Waals surface area contributed by atoms with Gasteiger partial charge in [0, 0.05) is 5.69 Å². The zero-order chi connectivity index (χ0) is 18.8. The number of aryl methyl sites for hydroxylation is 2. The number of hydrogen-bond donors (Lipinski definition) is 3. The van der Waals surface area contributed by atoms with Crippen molar-refractivity contribution in [3.63, 3.8) is 0 Å². The molecule has 7 nitrogen and oxygen atoms in total. The smallest absolute Gasteiger partial charge is 0.267 e. The molecular weight excluding hydrogens is 377 g/mol. The summed E-state index contributed by atoms with van der Waals surface area (Å²) in [4.78, 5) is 32.8. The Bertz CT molecular complexity index is 998. The maximum Gasteiger partial charge on any atom is 0.267 e. The fourth-order valence-electron chi connectivity index (χ4n) is 2.16. The van der Waals surface area contributed by atoms with E-state index in [0.717, 1.165) is 16.3 Å². The average Bonchev–Trinajstić information content (AvgIpc) is 3.18. The fraction of sp³-hybridized carbons (Fsp3) is 0.125. The molecule has 0 saturated carbocycles. The second-order valence-electron chi connectivity index (χ2n) is 5.36. The van der Waals surface area contributed by atoms with Crippen molar-refractivity contribution in [1.29, 1.82) is 0 Å². The minimum Gasteiger partial charge on any atom is -0.375 e. The molecule has 0 atom stereocenters. The van der Waals surface area contributed by atoms with E-state index < -0.39 is 17.6 Å². The molecule has 3 rings (SSSR count). The van der Waals surface area contributed by atoms with Crippen LogP contribution in [0.2, 0.25) is 0 Å². The Kier molecular flexibility index (Phi) is 4.96. The third-order valence-electron chi connectivity index (χ3n) is 3.41.